The van der Waals surface area contributed by atoms with Crippen LogP contribution < -0.4 is 11.1 Å². The van der Waals surface area contributed by atoms with Crippen molar-refractivity contribution in [3.05, 3.63) is 29.8 Å². The zero-order chi connectivity index (χ0) is 11.3. The van der Waals surface area contributed by atoms with Gasteiger partial charge < -0.3 is 11.1 Å². The van der Waals surface area contributed by atoms with Crippen LogP contribution in [0.4, 0.5) is 5.69 Å². The number of amides is 1. The number of nitrogen functional groups attached to an aromatic ring is 1. The Kier molecular flexibility index (Phi) is 6.58. The molecule has 0 aliphatic rings. The molecule has 4 heteroatoms. The molecule has 3 N–H and O–H groups in total. The van der Waals surface area contributed by atoms with Crippen LogP contribution in [0.3, 0.4) is 0 Å². The van der Waals surface area contributed by atoms with E-state index in [2.05, 4.69) is 5.32 Å². The molecule has 0 aliphatic heterocycles. The second kappa shape index (κ2) is 7.12. The number of benzene rings is 1. The topological polar surface area (TPSA) is 55.1 Å². The zero-order valence-electron chi connectivity index (χ0n) is 9.69. The first kappa shape index (κ1) is 14.8. The number of carbonyl (C=O) groups is 1. The monoisotopic (exact) mass is 242 g/mol. The van der Waals surface area contributed by atoms with Crippen molar-refractivity contribution in [1.82, 2.24) is 5.32 Å². The minimum Gasteiger partial charge on any atom is -0.399 e. The van der Waals surface area contributed by atoms with Crippen molar-refractivity contribution < 1.29 is 4.79 Å². The lowest BCUT2D eigenvalue weighted by molar-refractivity contribution is -0.121. The van der Waals surface area contributed by atoms with E-state index in [1.165, 1.54) is 0 Å². The van der Waals surface area contributed by atoms with Crippen LogP contribution in [0, 0.1) is 0 Å². The van der Waals surface area contributed by atoms with Crippen molar-refractivity contribution in [1.29, 1.82) is 0 Å². The molecule has 0 bridgehead atoms. The van der Waals surface area contributed by atoms with Crippen LogP contribution in [-0.4, -0.2) is 11.9 Å². The van der Waals surface area contributed by atoms with Crippen LogP contribution in [0.25, 0.3) is 0 Å². The number of nitrogens with one attached hydrogen (secondary N) is 1. The molecular weight excluding hydrogens is 224 g/mol. The van der Waals surface area contributed by atoms with Crippen molar-refractivity contribution in [2.75, 3.05) is 5.73 Å². The summed E-state index contributed by atoms with van der Waals surface area (Å²) in [4.78, 5) is 11.5. The van der Waals surface area contributed by atoms with Gasteiger partial charge in [-0.15, -0.1) is 12.4 Å². The minimum absolute atomic E-state index is 0. The first-order valence-electron chi connectivity index (χ1n) is 5.25. The summed E-state index contributed by atoms with van der Waals surface area (Å²) in [5, 5.41) is 2.92. The highest BCUT2D eigenvalue weighted by Crippen LogP contribution is 2.06. The van der Waals surface area contributed by atoms with Crippen molar-refractivity contribution in [2.24, 2.45) is 0 Å². The summed E-state index contributed by atoms with van der Waals surface area (Å²) in [5.74, 6) is 0.0640. The molecule has 0 radical (unpaired) electrons. The van der Waals surface area contributed by atoms with Crippen LogP contribution in [-0.2, 0) is 11.2 Å². The van der Waals surface area contributed by atoms with Crippen molar-refractivity contribution >= 4 is 24.0 Å². The Labute approximate surface area is 103 Å². The van der Waals surface area contributed by atoms with E-state index >= 15 is 0 Å². The molecule has 1 rings (SSSR count). The van der Waals surface area contributed by atoms with Crippen LogP contribution in [0.15, 0.2) is 24.3 Å². The lowest BCUT2D eigenvalue weighted by Gasteiger charge is -2.11. The molecule has 1 aromatic rings. The number of carbonyl (C=O) groups excluding carboxylic acids is 1. The third-order valence-corrected chi connectivity index (χ3v) is 2.36. The summed E-state index contributed by atoms with van der Waals surface area (Å²) >= 11 is 0. The molecule has 1 amide bonds. The maximum atomic E-state index is 11.5. The highest BCUT2D eigenvalue weighted by molar-refractivity contribution is 5.85. The molecule has 1 unspecified atom stereocenters. The zero-order valence-corrected chi connectivity index (χ0v) is 10.5. The van der Waals surface area contributed by atoms with Gasteiger partial charge in [-0.25, -0.2) is 0 Å². The van der Waals surface area contributed by atoms with Crippen molar-refractivity contribution in [3.63, 3.8) is 0 Å². The first-order chi connectivity index (χ1) is 7.11. The molecular formula is C12H19ClN2O. The standard InChI is InChI=1S/C12H18N2O.ClH/c1-3-9(2)14-12(15)8-10-4-6-11(13)7-5-10;/h4-7,9H,3,8,13H2,1-2H3,(H,14,15);1H. The van der Waals surface area contributed by atoms with Gasteiger partial charge in [-0.3, -0.25) is 4.79 Å². The Morgan fingerprint density at radius 3 is 2.44 bits per heavy atom. The van der Waals surface area contributed by atoms with E-state index in [0.717, 1.165) is 17.7 Å². The summed E-state index contributed by atoms with van der Waals surface area (Å²) in [6.07, 6.45) is 1.37. The van der Waals surface area contributed by atoms with Gasteiger partial charge in [0.05, 0.1) is 6.42 Å². The fourth-order valence-corrected chi connectivity index (χ4v) is 1.25. The Bertz CT molecular complexity index is 324. The van der Waals surface area contributed by atoms with E-state index < -0.39 is 0 Å². The quantitative estimate of drug-likeness (QED) is 0.795. The van der Waals surface area contributed by atoms with Gasteiger partial charge >= 0.3 is 0 Å². The van der Waals surface area contributed by atoms with Crippen LogP contribution in [0.2, 0.25) is 0 Å². The molecule has 3 nitrogen and oxygen atoms in total. The number of anilines is 1. The molecule has 0 aromatic heterocycles. The van der Waals surface area contributed by atoms with Crippen LogP contribution in [0.1, 0.15) is 25.8 Å². The van der Waals surface area contributed by atoms with E-state index in [0.29, 0.717) is 6.42 Å². The predicted molar refractivity (Wildman–Crippen MR) is 69.7 cm³/mol. The summed E-state index contributed by atoms with van der Waals surface area (Å²) in [5.41, 5.74) is 7.27. The lowest BCUT2D eigenvalue weighted by Crippen LogP contribution is -2.33. The predicted octanol–water partition coefficient (Wildman–Crippen LogP) is 2.15. The summed E-state index contributed by atoms with van der Waals surface area (Å²) in [7, 11) is 0. The van der Waals surface area contributed by atoms with Gasteiger partial charge in [0.25, 0.3) is 0 Å². The molecule has 1 atom stereocenters. The smallest absolute Gasteiger partial charge is 0.224 e. The maximum absolute atomic E-state index is 11.5. The Morgan fingerprint density at radius 1 is 1.38 bits per heavy atom. The van der Waals surface area contributed by atoms with E-state index in [1.54, 1.807) is 0 Å². The number of nitrogens with two attached hydrogens (primary N) is 1. The summed E-state index contributed by atoms with van der Waals surface area (Å²) in [6, 6.07) is 7.63. The van der Waals surface area contributed by atoms with E-state index in [9.17, 15) is 4.79 Å². The fraction of sp³-hybridized carbons (Fsp3) is 0.417. The molecule has 0 spiro atoms. The molecule has 0 saturated carbocycles. The average molecular weight is 243 g/mol. The van der Waals surface area contributed by atoms with Gasteiger partial charge in [-0.2, -0.15) is 0 Å². The van der Waals surface area contributed by atoms with Gasteiger partial charge in [-0.1, -0.05) is 19.1 Å². The molecule has 90 valence electrons. The molecule has 0 aliphatic carbocycles. The van der Waals surface area contributed by atoms with Gasteiger partial charge in [-0.05, 0) is 31.0 Å². The van der Waals surface area contributed by atoms with E-state index in [1.807, 2.05) is 38.1 Å². The second-order valence-corrected chi connectivity index (χ2v) is 3.80. The number of hydrogen-bond acceptors (Lipinski definition) is 2. The maximum Gasteiger partial charge on any atom is 0.224 e. The highest BCUT2D eigenvalue weighted by atomic mass is 35.5. The van der Waals surface area contributed by atoms with Crippen LogP contribution in [0.5, 0.6) is 0 Å². The SMILES string of the molecule is CCC(C)NC(=O)Cc1ccc(N)cc1.Cl. The summed E-state index contributed by atoms with van der Waals surface area (Å²) < 4.78 is 0. The largest absolute Gasteiger partial charge is 0.399 e. The van der Waals surface area contributed by atoms with E-state index in [4.69, 9.17) is 5.73 Å². The molecule has 1 aromatic carbocycles. The highest BCUT2D eigenvalue weighted by Gasteiger charge is 2.05. The van der Waals surface area contributed by atoms with Crippen LogP contribution >= 0.6 is 12.4 Å². The Balaban J connectivity index is 0.00000225. The van der Waals surface area contributed by atoms with Crippen molar-refractivity contribution in [3.8, 4) is 0 Å². The molecule has 16 heavy (non-hydrogen) atoms. The van der Waals surface area contributed by atoms with Gasteiger partial charge in [0.1, 0.15) is 0 Å². The average Bonchev–Trinajstić information content (AvgIpc) is 2.21. The van der Waals surface area contributed by atoms with Gasteiger partial charge in [0, 0.05) is 11.7 Å². The molecule has 0 fully saturated rings. The van der Waals surface area contributed by atoms with Crippen molar-refractivity contribution in [2.45, 2.75) is 32.7 Å². The van der Waals surface area contributed by atoms with Gasteiger partial charge in [0.2, 0.25) is 5.91 Å². The third-order valence-electron chi connectivity index (χ3n) is 2.36. The Hall–Kier alpha value is -1.22. The number of halogens is 1. The number of rotatable bonds is 4. The van der Waals surface area contributed by atoms with Gasteiger partial charge in [0.15, 0.2) is 0 Å². The molecule has 0 saturated heterocycles. The Morgan fingerprint density at radius 2 is 1.94 bits per heavy atom. The first-order valence-corrected chi connectivity index (χ1v) is 5.25. The normalized spacial score (nSPS) is 11.4. The fourth-order valence-electron chi connectivity index (χ4n) is 1.25. The minimum atomic E-state index is 0. The van der Waals surface area contributed by atoms with E-state index in [-0.39, 0.29) is 24.4 Å². The second-order valence-electron chi connectivity index (χ2n) is 3.80. The third kappa shape index (κ3) is 5.03. The summed E-state index contributed by atoms with van der Waals surface area (Å²) in [6.45, 7) is 4.05. The lowest BCUT2D eigenvalue weighted by atomic mass is 10.1. The number of hydrogen-bond donors (Lipinski definition) is 2. The molecule has 0 heterocycles.